The van der Waals surface area contributed by atoms with E-state index in [2.05, 4.69) is 10.6 Å². The average molecular weight is 201 g/mol. The van der Waals surface area contributed by atoms with Crippen LogP contribution in [0.15, 0.2) is 0 Å². The van der Waals surface area contributed by atoms with E-state index in [4.69, 9.17) is 5.73 Å². The highest BCUT2D eigenvalue weighted by Gasteiger charge is 2.00. The van der Waals surface area contributed by atoms with Crippen LogP contribution < -0.4 is 16.4 Å². The molecule has 0 saturated heterocycles. The van der Waals surface area contributed by atoms with Gasteiger partial charge in [0.1, 0.15) is 0 Å². The van der Waals surface area contributed by atoms with Gasteiger partial charge in [0.15, 0.2) is 0 Å². The summed E-state index contributed by atoms with van der Waals surface area (Å²) < 4.78 is 0. The van der Waals surface area contributed by atoms with E-state index in [9.17, 15) is 4.79 Å². The van der Waals surface area contributed by atoms with Crippen LogP contribution >= 0.6 is 0 Å². The summed E-state index contributed by atoms with van der Waals surface area (Å²) in [5.74, 6) is 0. The van der Waals surface area contributed by atoms with Gasteiger partial charge in [-0.3, -0.25) is 0 Å². The minimum Gasteiger partial charge on any atom is -0.338 e. The number of carbonyl (C=O) groups excluding carboxylic acids is 1. The molecule has 0 aliphatic heterocycles. The Balaban J connectivity index is 3.15. The van der Waals surface area contributed by atoms with Crippen LogP contribution in [0, 0.1) is 0 Å². The smallest absolute Gasteiger partial charge is 0.314 e. The SMILES string of the molecule is CC(C)NC(=O)NCCCCCCN. The molecule has 4 N–H and O–H groups in total. The van der Waals surface area contributed by atoms with Gasteiger partial charge in [0.25, 0.3) is 0 Å². The Labute approximate surface area is 86.6 Å². The van der Waals surface area contributed by atoms with Gasteiger partial charge in [0.05, 0.1) is 0 Å². The fourth-order valence-corrected chi connectivity index (χ4v) is 1.14. The molecule has 0 unspecified atom stereocenters. The Morgan fingerprint density at radius 1 is 1.21 bits per heavy atom. The number of hydrogen-bond acceptors (Lipinski definition) is 2. The maximum absolute atomic E-state index is 11.1. The first-order valence-electron chi connectivity index (χ1n) is 5.41. The van der Waals surface area contributed by atoms with Crippen LogP contribution in [0.2, 0.25) is 0 Å². The molecule has 4 heteroatoms. The van der Waals surface area contributed by atoms with E-state index in [1.807, 2.05) is 13.8 Å². The molecule has 0 aromatic heterocycles. The summed E-state index contributed by atoms with van der Waals surface area (Å²) in [7, 11) is 0. The molecule has 0 radical (unpaired) electrons. The Morgan fingerprint density at radius 3 is 2.43 bits per heavy atom. The molecule has 84 valence electrons. The van der Waals surface area contributed by atoms with Crippen LogP contribution in [0.3, 0.4) is 0 Å². The third-order valence-corrected chi connectivity index (χ3v) is 1.84. The standard InChI is InChI=1S/C10H23N3O/c1-9(2)13-10(14)12-8-6-4-3-5-7-11/h9H,3-8,11H2,1-2H3,(H2,12,13,14). The molecule has 0 saturated carbocycles. The van der Waals surface area contributed by atoms with Crippen molar-refractivity contribution in [1.29, 1.82) is 0 Å². The first-order valence-corrected chi connectivity index (χ1v) is 5.41. The van der Waals surface area contributed by atoms with Crippen LogP contribution in [0.25, 0.3) is 0 Å². The van der Waals surface area contributed by atoms with Crippen molar-refractivity contribution in [3.8, 4) is 0 Å². The molecule has 4 nitrogen and oxygen atoms in total. The molecule has 0 rings (SSSR count). The van der Waals surface area contributed by atoms with E-state index in [-0.39, 0.29) is 12.1 Å². The lowest BCUT2D eigenvalue weighted by Gasteiger charge is -2.09. The monoisotopic (exact) mass is 201 g/mol. The number of carbonyl (C=O) groups is 1. The molecule has 0 aliphatic carbocycles. The average Bonchev–Trinajstić information content (AvgIpc) is 2.10. The molecule has 0 atom stereocenters. The predicted octanol–water partition coefficient (Wildman–Crippen LogP) is 1.21. The van der Waals surface area contributed by atoms with Crippen molar-refractivity contribution in [2.45, 2.75) is 45.6 Å². The zero-order valence-corrected chi connectivity index (χ0v) is 9.31. The largest absolute Gasteiger partial charge is 0.338 e. The van der Waals surface area contributed by atoms with Crippen LogP contribution in [0.1, 0.15) is 39.5 Å². The number of unbranched alkanes of at least 4 members (excludes halogenated alkanes) is 3. The lowest BCUT2D eigenvalue weighted by atomic mass is 10.2. The fourth-order valence-electron chi connectivity index (χ4n) is 1.14. The highest BCUT2D eigenvalue weighted by Crippen LogP contribution is 1.96. The summed E-state index contributed by atoms with van der Waals surface area (Å²) in [5.41, 5.74) is 5.37. The molecule has 0 bridgehead atoms. The lowest BCUT2D eigenvalue weighted by molar-refractivity contribution is 0.238. The Morgan fingerprint density at radius 2 is 1.86 bits per heavy atom. The van der Waals surface area contributed by atoms with Crippen molar-refractivity contribution in [2.75, 3.05) is 13.1 Å². The molecule has 0 spiro atoms. The Bertz CT molecular complexity index is 148. The molecule has 0 aromatic rings. The second kappa shape index (κ2) is 8.81. The second-order valence-electron chi connectivity index (χ2n) is 3.76. The number of nitrogens with one attached hydrogen (secondary N) is 2. The van der Waals surface area contributed by atoms with Gasteiger partial charge >= 0.3 is 6.03 Å². The van der Waals surface area contributed by atoms with Gasteiger partial charge < -0.3 is 16.4 Å². The number of hydrogen-bond donors (Lipinski definition) is 3. The molecule has 0 aromatic carbocycles. The van der Waals surface area contributed by atoms with Crippen LogP contribution in [-0.4, -0.2) is 25.2 Å². The van der Waals surface area contributed by atoms with Crippen molar-refractivity contribution in [2.24, 2.45) is 5.73 Å². The van der Waals surface area contributed by atoms with Crippen LogP contribution in [-0.2, 0) is 0 Å². The first-order chi connectivity index (χ1) is 6.66. The summed E-state index contributed by atoms with van der Waals surface area (Å²) >= 11 is 0. The van der Waals surface area contributed by atoms with Crippen molar-refractivity contribution in [3.63, 3.8) is 0 Å². The number of amides is 2. The molecule has 0 heterocycles. The minimum atomic E-state index is -0.0705. The topological polar surface area (TPSA) is 67.2 Å². The summed E-state index contributed by atoms with van der Waals surface area (Å²) in [5, 5.41) is 5.58. The third kappa shape index (κ3) is 9.32. The van der Waals surface area contributed by atoms with Gasteiger partial charge in [0.2, 0.25) is 0 Å². The van der Waals surface area contributed by atoms with E-state index in [0.717, 1.165) is 38.8 Å². The predicted molar refractivity (Wildman–Crippen MR) is 59.2 cm³/mol. The molecular formula is C10H23N3O. The van der Waals surface area contributed by atoms with Crippen molar-refractivity contribution >= 4 is 6.03 Å². The number of rotatable bonds is 7. The van der Waals surface area contributed by atoms with E-state index < -0.39 is 0 Å². The normalized spacial score (nSPS) is 10.3. The van der Waals surface area contributed by atoms with Gasteiger partial charge in [-0.2, -0.15) is 0 Å². The zero-order valence-electron chi connectivity index (χ0n) is 9.31. The fraction of sp³-hybridized carbons (Fsp3) is 0.900. The zero-order chi connectivity index (χ0) is 10.8. The first kappa shape index (κ1) is 13.2. The summed E-state index contributed by atoms with van der Waals surface area (Å²) in [6, 6.07) is 0.131. The van der Waals surface area contributed by atoms with Gasteiger partial charge in [-0.25, -0.2) is 4.79 Å². The highest BCUT2D eigenvalue weighted by atomic mass is 16.2. The molecule has 14 heavy (non-hydrogen) atoms. The summed E-state index contributed by atoms with van der Waals surface area (Å²) in [6.07, 6.45) is 4.41. The minimum absolute atomic E-state index is 0.0705. The number of urea groups is 1. The van der Waals surface area contributed by atoms with Gasteiger partial charge in [-0.15, -0.1) is 0 Å². The number of nitrogens with two attached hydrogens (primary N) is 1. The second-order valence-corrected chi connectivity index (χ2v) is 3.76. The van der Waals surface area contributed by atoms with Gasteiger partial charge in [0, 0.05) is 12.6 Å². The van der Waals surface area contributed by atoms with E-state index in [0.29, 0.717) is 0 Å². The maximum atomic E-state index is 11.1. The Hall–Kier alpha value is -0.770. The highest BCUT2D eigenvalue weighted by molar-refractivity contribution is 5.73. The van der Waals surface area contributed by atoms with E-state index >= 15 is 0 Å². The van der Waals surface area contributed by atoms with Crippen molar-refractivity contribution in [1.82, 2.24) is 10.6 Å². The molecule has 2 amide bonds. The maximum Gasteiger partial charge on any atom is 0.314 e. The van der Waals surface area contributed by atoms with Gasteiger partial charge in [-0.05, 0) is 33.2 Å². The summed E-state index contributed by atoms with van der Waals surface area (Å²) in [6.45, 7) is 5.41. The quantitative estimate of drug-likeness (QED) is 0.542. The van der Waals surface area contributed by atoms with Gasteiger partial charge in [-0.1, -0.05) is 12.8 Å². The molecular weight excluding hydrogens is 178 g/mol. The van der Waals surface area contributed by atoms with Crippen LogP contribution in [0.5, 0.6) is 0 Å². The summed E-state index contributed by atoms with van der Waals surface area (Å²) in [4.78, 5) is 11.1. The van der Waals surface area contributed by atoms with Crippen molar-refractivity contribution < 1.29 is 4.79 Å². The third-order valence-electron chi connectivity index (χ3n) is 1.84. The van der Waals surface area contributed by atoms with Crippen molar-refractivity contribution in [3.05, 3.63) is 0 Å². The molecule has 0 fully saturated rings. The molecule has 0 aliphatic rings. The Kier molecular flexibility index (Phi) is 8.33. The van der Waals surface area contributed by atoms with Crippen LogP contribution in [0.4, 0.5) is 4.79 Å². The lowest BCUT2D eigenvalue weighted by Crippen LogP contribution is -2.39. The van der Waals surface area contributed by atoms with E-state index in [1.54, 1.807) is 0 Å². The van der Waals surface area contributed by atoms with E-state index in [1.165, 1.54) is 0 Å².